The molecule has 114 valence electrons. The molecule has 1 amide bonds. The quantitative estimate of drug-likeness (QED) is 0.529. The van der Waals surface area contributed by atoms with E-state index in [1.165, 1.54) is 12.1 Å². The Morgan fingerprint density at radius 3 is 2.71 bits per heavy atom. The number of fused-ring (bicyclic) bond motifs is 1. The summed E-state index contributed by atoms with van der Waals surface area (Å²) in [5.74, 6) is -2.78. The Balaban J connectivity index is 2.16. The largest absolute Gasteiger partial charge is 0.471 e. The molecular weight excluding hydrogens is 311 g/mol. The summed E-state index contributed by atoms with van der Waals surface area (Å²) in [5.41, 5.74) is 1.33. The second-order valence-corrected chi connectivity index (χ2v) is 4.80. The summed E-state index contributed by atoms with van der Waals surface area (Å²) in [6.07, 6.45) is -4.02. The van der Waals surface area contributed by atoms with Crippen molar-refractivity contribution >= 4 is 23.5 Å². The fourth-order valence-corrected chi connectivity index (χ4v) is 2.25. The number of halogens is 4. The maximum atomic E-state index is 12.3. The molecule has 1 aromatic rings. The Hall–Kier alpha value is -1.76. The van der Waals surface area contributed by atoms with E-state index >= 15 is 0 Å². The number of rotatable bonds is 3. The molecule has 1 aliphatic rings. The van der Waals surface area contributed by atoms with E-state index in [-0.39, 0.29) is 11.6 Å². The van der Waals surface area contributed by atoms with Gasteiger partial charge < -0.3 is 10.1 Å². The second kappa shape index (κ2) is 5.93. The molecule has 8 heteroatoms. The first-order valence-electron chi connectivity index (χ1n) is 6.08. The van der Waals surface area contributed by atoms with Crippen LogP contribution in [-0.4, -0.2) is 23.9 Å². The van der Waals surface area contributed by atoms with Crippen LogP contribution in [0.25, 0.3) is 0 Å². The van der Waals surface area contributed by atoms with Gasteiger partial charge in [0.25, 0.3) is 0 Å². The maximum Gasteiger partial charge on any atom is 0.471 e. The summed E-state index contributed by atoms with van der Waals surface area (Å²) in [4.78, 5) is 22.1. The number of alkyl halides is 4. The van der Waals surface area contributed by atoms with E-state index in [0.717, 1.165) is 5.56 Å². The number of aryl methyl sites for hydroxylation is 1. The lowest BCUT2D eigenvalue weighted by Gasteiger charge is -2.16. The minimum atomic E-state index is -4.93. The molecule has 2 rings (SSSR count). The molecule has 1 unspecified atom stereocenters. The summed E-state index contributed by atoms with van der Waals surface area (Å²) < 4.78 is 41.7. The first kappa shape index (κ1) is 15.6. The number of benzene rings is 1. The van der Waals surface area contributed by atoms with Gasteiger partial charge in [-0.25, -0.2) is 0 Å². The lowest BCUT2D eigenvalue weighted by atomic mass is 10.1. The van der Waals surface area contributed by atoms with Gasteiger partial charge in [-0.15, -0.1) is 11.6 Å². The van der Waals surface area contributed by atoms with Crippen LogP contribution in [0, 0.1) is 0 Å². The number of carbonyl (C=O) groups excluding carboxylic acids is 2. The second-order valence-electron chi connectivity index (χ2n) is 4.53. The lowest BCUT2D eigenvalue weighted by molar-refractivity contribution is -0.174. The van der Waals surface area contributed by atoms with Crippen LogP contribution in [0.2, 0.25) is 0 Å². The third kappa shape index (κ3) is 3.66. The highest BCUT2D eigenvalue weighted by Crippen LogP contribution is 2.34. The summed E-state index contributed by atoms with van der Waals surface area (Å²) >= 11 is 5.31. The highest BCUT2D eigenvalue weighted by molar-refractivity contribution is 6.26. The number of hydrogen-bond acceptors (Lipinski definition) is 3. The molecule has 0 fully saturated rings. The van der Waals surface area contributed by atoms with Crippen molar-refractivity contribution in [2.75, 3.05) is 5.88 Å². The molecule has 0 aromatic heterocycles. The predicted molar refractivity (Wildman–Crippen MR) is 68.1 cm³/mol. The Morgan fingerprint density at radius 1 is 1.38 bits per heavy atom. The molecule has 1 N–H and O–H groups in total. The monoisotopic (exact) mass is 321 g/mol. The van der Waals surface area contributed by atoms with Crippen LogP contribution >= 0.6 is 11.6 Å². The van der Waals surface area contributed by atoms with E-state index in [9.17, 15) is 22.8 Å². The zero-order chi connectivity index (χ0) is 15.6. The maximum absolute atomic E-state index is 12.3. The van der Waals surface area contributed by atoms with E-state index in [1.807, 2.05) is 5.32 Å². The fraction of sp³-hybridized carbons (Fsp3) is 0.385. The van der Waals surface area contributed by atoms with Gasteiger partial charge in [0.1, 0.15) is 11.6 Å². The van der Waals surface area contributed by atoms with Crippen LogP contribution in [0.4, 0.5) is 13.2 Å². The number of amides is 1. The van der Waals surface area contributed by atoms with Crippen molar-refractivity contribution in [3.8, 4) is 5.75 Å². The zero-order valence-electron chi connectivity index (χ0n) is 10.7. The molecule has 0 radical (unpaired) electrons. The molecule has 21 heavy (non-hydrogen) atoms. The molecular formula is C13H11ClF3NO3. The van der Waals surface area contributed by atoms with Gasteiger partial charge in [0.2, 0.25) is 0 Å². The predicted octanol–water partition coefficient (Wildman–Crippen LogP) is 2.50. The Kier molecular flexibility index (Phi) is 4.41. The normalized spacial score (nSPS) is 17.2. The average molecular weight is 322 g/mol. The highest BCUT2D eigenvalue weighted by Gasteiger charge is 2.40. The molecule has 1 aromatic carbocycles. The summed E-state index contributed by atoms with van der Waals surface area (Å²) in [6, 6.07) is 3.90. The number of ether oxygens (including phenoxy) is 1. The number of carbonyl (C=O) groups is 2. The summed E-state index contributed by atoms with van der Waals surface area (Å²) in [7, 11) is 0. The van der Waals surface area contributed by atoms with Crippen molar-refractivity contribution < 1.29 is 27.5 Å². The van der Waals surface area contributed by atoms with E-state index in [2.05, 4.69) is 0 Å². The summed E-state index contributed by atoms with van der Waals surface area (Å²) in [6.45, 7) is 0. The molecule has 1 atom stereocenters. The fourth-order valence-electron chi connectivity index (χ4n) is 2.19. The topological polar surface area (TPSA) is 55.4 Å². The Labute approximate surface area is 123 Å². The average Bonchev–Trinajstić information content (AvgIpc) is 2.80. The molecule has 0 heterocycles. The van der Waals surface area contributed by atoms with E-state index in [1.54, 1.807) is 6.07 Å². The van der Waals surface area contributed by atoms with Crippen LogP contribution in [0.1, 0.15) is 23.6 Å². The molecule has 1 aliphatic carbocycles. The number of nitrogens with one attached hydrogen (secondary N) is 1. The lowest BCUT2D eigenvalue weighted by Crippen LogP contribution is -2.38. The van der Waals surface area contributed by atoms with Crippen LogP contribution in [0.5, 0.6) is 5.75 Å². The van der Waals surface area contributed by atoms with Gasteiger partial charge >= 0.3 is 18.1 Å². The molecule has 0 spiro atoms. The number of hydrogen-bond donors (Lipinski definition) is 1. The van der Waals surface area contributed by atoms with E-state index in [0.29, 0.717) is 18.4 Å². The van der Waals surface area contributed by atoms with Crippen molar-refractivity contribution in [3.63, 3.8) is 0 Å². The molecule has 0 saturated carbocycles. The van der Waals surface area contributed by atoms with Crippen LogP contribution in [-0.2, 0) is 16.0 Å². The third-order valence-corrected chi connectivity index (χ3v) is 3.32. The molecule has 0 bridgehead atoms. The Morgan fingerprint density at radius 2 is 2.10 bits per heavy atom. The van der Waals surface area contributed by atoms with Gasteiger partial charge in [0.05, 0.1) is 6.04 Å². The SMILES string of the molecule is O=C(CCl)Oc1ccc2c(c1)C(NC(=O)C(F)(F)F)CC2. The standard InChI is InChI=1S/C13H11ClF3NO3/c14-6-11(19)21-8-3-1-7-2-4-10(9(7)5-8)18-12(20)13(15,16)17/h1,3,5,10H,2,4,6H2,(H,18,20). The van der Waals surface area contributed by atoms with Gasteiger partial charge in [0.15, 0.2) is 0 Å². The van der Waals surface area contributed by atoms with Crippen LogP contribution in [0.15, 0.2) is 18.2 Å². The minimum absolute atomic E-state index is 0.188. The van der Waals surface area contributed by atoms with E-state index < -0.39 is 24.1 Å². The Bertz CT molecular complexity index is 574. The number of esters is 1. The molecule has 0 aliphatic heterocycles. The first-order chi connectivity index (χ1) is 9.81. The first-order valence-corrected chi connectivity index (χ1v) is 6.62. The van der Waals surface area contributed by atoms with Crippen LogP contribution < -0.4 is 10.1 Å². The minimum Gasteiger partial charge on any atom is -0.426 e. The summed E-state index contributed by atoms with van der Waals surface area (Å²) in [5, 5.41) is 1.94. The van der Waals surface area contributed by atoms with Gasteiger partial charge in [-0.2, -0.15) is 13.2 Å². The van der Waals surface area contributed by atoms with Crippen molar-refractivity contribution in [2.45, 2.75) is 25.1 Å². The third-order valence-electron chi connectivity index (χ3n) is 3.10. The molecule has 0 saturated heterocycles. The van der Waals surface area contributed by atoms with Gasteiger partial charge in [-0.3, -0.25) is 9.59 Å². The van der Waals surface area contributed by atoms with Gasteiger partial charge in [-0.05, 0) is 36.1 Å². The van der Waals surface area contributed by atoms with Crippen molar-refractivity contribution in [3.05, 3.63) is 29.3 Å². The van der Waals surface area contributed by atoms with Crippen LogP contribution in [0.3, 0.4) is 0 Å². The van der Waals surface area contributed by atoms with Crippen molar-refractivity contribution in [1.82, 2.24) is 5.32 Å². The molecule has 4 nitrogen and oxygen atoms in total. The van der Waals surface area contributed by atoms with Crippen molar-refractivity contribution in [1.29, 1.82) is 0 Å². The zero-order valence-corrected chi connectivity index (χ0v) is 11.4. The van der Waals surface area contributed by atoms with E-state index in [4.69, 9.17) is 16.3 Å². The van der Waals surface area contributed by atoms with Gasteiger partial charge in [0, 0.05) is 0 Å². The smallest absolute Gasteiger partial charge is 0.426 e. The highest BCUT2D eigenvalue weighted by atomic mass is 35.5. The van der Waals surface area contributed by atoms with Crippen molar-refractivity contribution in [2.24, 2.45) is 0 Å². The van der Waals surface area contributed by atoms with Gasteiger partial charge in [-0.1, -0.05) is 6.07 Å².